The molecule has 1 saturated carbocycles. The number of hydrazone groups is 1. The largest absolute Gasteiger partial charge is 0.326 e. The predicted molar refractivity (Wildman–Crippen MR) is 83.2 cm³/mol. The van der Waals surface area contributed by atoms with E-state index < -0.39 is 0 Å². The molecule has 1 aliphatic rings. The fraction of sp³-hybridized carbons (Fsp3) is 0.438. The molecule has 0 atom stereocenters. The zero-order valence-electron chi connectivity index (χ0n) is 12.6. The number of benzene rings is 1. The summed E-state index contributed by atoms with van der Waals surface area (Å²) in [5.74, 6) is 0.181. The normalized spacial score (nSPS) is 15.0. The number of rotatable bonds is 5. The highest BCUT2D eigenvalue weighted by molar-refractivity contribution is 5.97. The van der Waals surface area contributed by atoms with Crippen molar-refractivity contribution in [3.8, 4) is 0 Å². The van der Waals surface area contributed by atoms with Crippen LogP contribution in [0.2, 0.25) is 0 Å². The molecule has 1 aromatic carbocycles. The Hall–Kier alpha value is -2.17. The highest BCUT2D eigenvalue weighted by Crippen LogP contribution is 2.30. The van der Waals surface area contributed by atoms with Crippen LogP contribution >= 0.6 is 0 Å². The second-order valence-corrected chi connectivity index (χ2v) is 5.69. The van der Waals surface area contributed by atoms with Crippen molar-refractivity contribution in [3.63, 3.8) is 0 Å². The molecule has 0 radical (unpaired) electrons. The minimum atomic E-state index is -0.239. The van der Waals surface area contributed by atoms with Gasteiger partial charge < -0.3 is 5.32 Å². The Kier molecular flexibility index (Phi) is 4.73. The molecule has 0 aromatic heterocycles. The number of nitrogens with one attached hydrogen (secondary N) is 2. The SMILES string of the molecule is CC(=NNC(=O)c1ccc(NC(=O)C(C)C)cc1)C1CC1. The van der Waals surface area contributed by atoms with Gasteiger partial charge in [0.05, 0.1) is 0 Å². The van der Waals surface area contributed by atoms with Crippen LogP contribution in [0.3, 0.4) is 0 Å². The second-order valence-electron chi connectivity index (χ2n) is 5.69. The average Bonchev–Trinajstić information content (AvgIpc) is 3.29. The van der Waals surface area contributed by atoms with Crippen LogP contribution in [0.4, 0.5) is 5.69 Å². The molecular weight excluding hydrogens is 266 g/mol. The first-order chi connectivity index (χ1) is 9.97. The summed E-state index contributed by atoms with van der Waals surface area (Å²) in [6.07, 6.45) is 2.32. The first kappa shape index (κ1) is 15.2. The number of hydrogen-bond acceptors (Lipinski definition) is 3. The van der Waals surface area contributed by atoms with Crippen LogP contribution in [0.15, 0.2) is 29.4 Å². The Morgan fingerprint density at radius 1 is 1.19 bits per heavy atom. The molecule has 5 heteroatoms. The lowest BCUT2D eigenvalue weighted by atomic mass is 10.1. The van der Waals surface area contributed by atoms with Crippen molar-refractivity contribution in [2.75, 3.05) is 5.32 Å². The molecule has 0 unspecified atom stereocenters. The molecule has 21 heavy (non-hydrogen) atoms. The molecule has 1 aliphatic carbocycles. The van der Waals surface area contributed by atoms with E-state index in [1.165, 1.54) is 0 Å². The lowest BCUT2D eigenvalue weighted by Crippen LogP contribution is -2.20. The van der Waals surface area contributed by atoms with Gasteiger partial charge in [0.1, 0.15) is 0 Å². The third kappa shape index (κ3) is 4.41. The van der Waals surface area contributed by atoms with Gasteiger partial charge in [-0.05, 0) is 49.9 Å². The number of amides is 2. The van der Waals surface area contributed by atoms with Gasteiger partial charge in [0.2, 0.25) is 5.91 Å². The lowest BCUT2D eigenvalue weighted by molar-refractivity contribution is -0.118. The minimum Gasteiger partial charge on any atom is -0.326 e. The minimum absolute atomic E-state index is 0.0446. The fourth-order valence-corrected chi connectivity index (χ4v) is 1.79. The van der Waals surface area contributed by atoms with Gasteiger partial charge >= 0.3 is 0 Å². The van der Waals surface area contributed by atoms with E-state index in [2.05, 4.69) is 15.8 Å². The van der Waals surface area contributed by atoms with Gasteiger partial charge in [0.25, 0.3) is 5.91 Å². The maximum Gasteiger partial charge on any atom is 0.271 e. The Morgan fingerprint density at radius 2 is 1.81 bits per heavy atom. The van der Waals surface area contributed by atoms with Crippen molar-refractivity contribution in [1.82, 2.24) is 5.43 Å². The van der Waals surface area contributed by atoms with Crippen LogP contribution in [-0.4, -0.2) is 17.5 Å². The van der Waals surface area contributed by atoms with Crippen LogP contribution in [0.1, 0.15) is 44.0 Å². The van der Waals surface area contributed by atoms with E-state index in [0.717, 1.165) is 18.6 Å². The van der Waals surface area contributed by atoms with Gasteiger partial charge in [0, 0.05) is 22.9 Å². The molecule has 5 nitrogen and oxygen atoms in total. The molecule has 1 fully saturated rings. The Balaban J connectivity index is 1.93. The number of carbonyl (C=O) groups is 2. The van der Waals surface area contributed by atoms with E-state index >= 15 is 0 Å². The van der Waals surface area contributed by atoms with Crippen LogP contribution in [-0.2, 0) is 4.79 Å². The molecule has 0 saturated heterocycles. The third-order valence-electron chi connectivity index (χ3n) is 3.44. The molecule has 112 valence electrons. The molecule has 2 amide bonds. The van der Waals surface area contributed by atoms with E-state index in [1.54, 1.807) is 24.3 Å². The van der Waals surface area contributed by atoms with Crippen molar-refractivity contribution in [2.45, 2.75) is 33.6 Å². The summed E-state index contributed by atoms with van der Waals surface area (Å²) in [5.41, 5.74) is 4.74. The summed E-state index contributed by atoms with van der Waals surface area (Å²) in [7, 11) is 0. The first-order valence-electron chi connectivity index (χ1n) is 7.23. The van der Waals surface area contributed by atoms with Crippen molar-refractivity contribution in [1.29, 1.82) is 0 Å². The zero-order chi connectivity index (χ0) is 15.4. The van der Waals surface area contributed by atoms with Crippen LogP contribution in [0.25, 0.3) is 0 Å². The van der Waals surface area contributed by atoms with Crippen LogP contribution in [0, 0.1) is 11.8 Å². The first-order valence-corrected chi connectivity index (χ1v) is 7.23. The predicted octanol–water partition coefficient (Wildman–Crippen LogP) is 2.80. The zero-order valence-corrected chi connectivity index (χ0v) is 12.6. The van der Waals surface area contributed by atoms with Crippen molar-refractivity contribution in [3.05, 3.63) is 29.8 Å². The summed E-state index contributed by atoms with van der Waals surface area (Å²) in [5, 5.41) is 6.89. The van der Waals surface area contributed by atoms with Gasteiger partial charge in [-0.2, -0.15) is 5.10 Å². The maximum absolute atomic E-state index is 11.9. The molecule has 0 aliphatic heterocycles. The van der Waals surface area contributed by atoms with Gasteiger partial charge in [-0.1, -0.05) is 13.8 Å². The number of hydrogen-bond donors (Lipinski definition) is 2. The Bertz CT molecular complexity index is 557. The second kappa shape index (κ2) is 6.52. The molecule has 0 heterocycles. The smallest absolute Gasteiger partial charge is 0.271 e. The van der Waals surface area contributed by atoms with Gasteiger partial charge in [-0.25, -0.2) is 5.43 Å². The molecule has 2 N–H and O–H groups in total. The van der Waals surface area contributed by atoms with Gasteiger partial charge in [-0.15, -0.1) is 0 Å². The topological polar surface area (TPSA) is 70.6 Å². The molecule has 1 aromatic rings. The van der Waals surface area contributed by atoms with Crippen molar-refractivity contribution in [2.24, 2.45) is 16.9 Å². The standard InChI is InChI=1S/C16H21N3O2/c1-10(2)15(20)17-14-8-6-13(7-9-14)16(21)19-18-11(3)12-4-5-12/h6-10,12H,4-5H2,1-3H3,(H,17,20)(H,19,21). The van der Waals surface area contributed by atoms with Gasteiger partial charge in [0.15, 0.2) is 0 Å². The number of carbonyl (C=O) groups excluding carboxylic acids is 2. The molecular formula is C16H21N3O2. The van der Waals surface area contributed by atoms with Crippen LogP contribution in [0.5, 0.6) is 0 Å². The summed E-state index contributed by atoms with van der Waals surface area (Å²) < 4.78 is 0. The van der Waals surface area contributed by atoms with E-state index in [4.69, 9.17) is 0 Å². The molecule has 0 spiro atoms. The van der Waals surface area contributed by atoms with E-state index in [9.17, 15) is 9.59 Å². The summed E-state index contributed by atoms with van der Waals surface area (Å²) in [6, 6.07) is 6.78. The third-order valence-corrected chi connectivity index (χ3v) is 3.44. The highest BCUT2D eigenvalue weighted by Gasteiger charge is 2.24. The Morgan fingerprint density at radius 3 is 2.33 bits per heavy atom. The fourth-order valence-electron chi connectivity index (χ4n) is 1.79. The average molecular weight is 287 g/mol. The summed E-state index contributed by atoms with van der Waals surface area (Å²) >= 11 is 0. The van der Waals surface area contributed by atoms with Crippen LogP contribution < -0.4 is 10.7 Å². The summed E-state index contributed by atoms with van der Waals surface area (Å²) in [4.78, 5) is 23.5. The number of nitrogens with zero attached hydrogens (tertiary/aromatic N) is 1. The number of anilines is 1. The summed E-state index contributed by atoms with van der Waals surface area (Å²) in [6.45, 7) is 5.59. The quantitative estimate of drug-likeness (QED) is 0.645. The van der Waals surface area contributed by atoms with Gasteiger partial charge in [-0.3, -0.25) is 9.59 Å². The van der Waals surface area contributed by atoms with Crippen molar-refractivity contribution >= 4 is 23.2 Å². The van der Waals surface area contributed by atoms with E-state index in [-0.39, 0.29) is 17.7 Å². The highest BCUT2D eigenvalue weighted by atomic mass is 16.2. The monoisotopic (exact) mass is 287 g/mol. The molecule has 2 rings (SSSR count). The van der Waals surface area contributed by atoms with E-state index in [0.29, 0.717) is 17.2 Å². The Labute approximate surface area is 124 Å². The van der Waals surface area contributed by atoms with E-state index in [1.807, 2.05) is 20.8 Å². The maximum atomic E-state index is 11.9. The molecule has 0 bridgehead atoms. The van der Waals surface area contributed by atoms with Crippen molar-refractivity contribution < 1.29 is 9.59 Å². The lowest BCUT2D eigenvalue weighted by Gasteiger charge is -2.08.